The first kappa shape index (κ1) is 16.0. The molecule has 0 fully saturated rings. The van der Waals surface area contributed by atoms with Crippen LogP contribution in [0, 0.1) is 6.92 Å². The summed E-state index contributed by atoms with van der Waals surface area (Å²) in [5, 5.41) is 0. The van der Waals surface area contributed by atoms with Crippen LogP contribution >= 0.6 is 0 Å². The Bertz CT molecular complexity index is 967. The zero-order valence-electron chi connectivity index (χ0n) is 13.0. The summed E-state index contributed by atoms with van der Waals surface area (Å²) in [5.74, 6) is 0. The van der Waals surface area contributed by atoms with Gasteiger partial charge in [-0.3, -0.25) is 9.97 Å². The van der Waals surface area contributed by atoms with Gasteiger partial charge in [0.15, 0.2) is 0 Å². The minimum atomic E-state index is -3.71. The fourth-order valence-electron chi connectivity index (χ4n) is 2.13. The monoisotopic (exact) mass is 337 g/mol. The normalized spacial score (nSPS) is 11.7. The van der Waals surface area contributed by atoms with E-state index in [1.807, 2.05) is 25.1 Å². The zero-order chi connectivity index (χ0) is 17.0. The molecule has 0 aliphatic heterocycles. The Morgan fingerprint density at radius 3 is 2.54 bits per heavy atom. The molecular weight excluding hydrogens is 322 g/mol. The summed E-state index contributed by atoms with van der Waals surface area (Å²) in [6.45, 7) is 1.90. The molecule has 0 bridgehead atoms. The number of sulfonamides is 1. The van der Waals surface area contributed by atoms with Crippen molar-refractivity contribution < 1.29 is 8.42 Å². The van der Waals surface area contributed by atoms with Crippen molar-refractivity contribution in [3.05, 3.63) is 78.2 Å². The SMILES string of the molecule is Cc1ccc(S(=O)(=O)/N=C/c2cccc(-c3cnccn3)c2)cc1. The van der Waals surface area contributed by atoms with Gasteiger partial charge in [0.2, 0.25) is 0 Å². The first-order chi connectivity index (χ1) is 11.5. The predicted molar refractivity (Wildman–Crippen MR) is 93.4 cm³/mol. The van der Waals surface area contributed by atoms with Gasteiger partial charge < -0.3 is 0 Å². The van der Waals surface area contributed by atoms with Gasteiger partial charge in [-0.05, 0) is 30.7 Å². The molecule has 5 nitrogen and oxygen atoms in total. The van der Waals surface area contributed by atoms with Crippen LogP contribution in [0.3, 0.4) is 0 Å². The largest absolute Gasteiger partial charge is 0.282 e. The molecule has 3 aromatic rings. The number of benzene rings is 2. The highest BCUT2D eigenvalue weighted by molar-refractivity contribution is 7.90. The second kappa shape index (κ2) is 6.72. The summed E-state index contributed by atoms with van der Waals surface area (Å²) in [7, 11) is -3.71. The summed E-state index contributed by atoms with van der Waals surface area (Å²) in [6.07, 6.45) is 6.20. The molecule has 0 saturated carbocycles. The minimum absolute atomic E-state index is 0.175. The third-order valence-corrected chi connectivity index (χ3v) is 4.66. The van der Waals surface area contributed by atoms with Crippen molar-refractivity contribution in [1.82, 2.24) is 9.97 Å². The number of nitrogens with zero attached hydrogens (tertiary/aromatic N) is 3. The summed E-state index contributed by atoms with van der Waals surface area (Å²) in [5.41, 5.74) is 3.23. The van der Waals surface area contributed by atoms with Crippen LogP contribution in [0.5, 0.6) is 0 Å². The van der Waals surface area contributed by atoms with E-state index in [2.05, 4.69) is 14.4 Å². The molecule has 120 valence electrons. The molecular formula is C18H15N3O2S. The molecule has 0 aliphatic rings. The van der Waals surface area contributed by atoms with E-state index in [-0.39, 0.29) is 4.90 Å². The van der Waals surface area contributed by atoms with Gasteiger partial charge in [-0.1, -0.05) is 35.9 Å². The zero-order valence-corrected chi connectivity index (χ0v) is 13.8. The fourth-order valence-corrected chi connectivity index (χ4v) is 2.99. The molecule has 3 rings (SSSR count). The lowest BCUT2D eigenvalue weighted by Gasteiger charge is -2.02. The van der Waals surface area contributed by atoms with Crippen molar-refractivity contribution in [2.75, 3.05) is 0 Å². The summed E-state index contributed by atoms with van der Waals surface area (Å²) in [6, 6.07) is 13.9. The van der Waals surface area contributed by atoms with Crippen LogP contribution in [0.4, 0.5) is 0 Å². The Morgan fingerprint density at radius 1 is 1.04 bits per heavy atom. The van der Waals surface area contributed by atoms with Gasteiger partial charge in [-0.15, -0.1) is 0 Å². The van der Waals surface area contributed by atoms with Crippen LogP contribution in [0.2, 0.25) is 0 Å². The average Bonchev–Trinajstić information content (AvgIpc) is 2.61. The summed E-state index contributed by atoms with van der Waals surface area (Å²) in [4.78, 5) is 8.44. The third kappa shape index (κ3) is 3.72. The van der Waals surface area contributed by atoms with Crippen molar-refractivity contribution in [3.63, 3.8) is 0 Å². The molecule has 0 amide bonds. The number of aromatic nitrogens is 2. The van der Waals surface area contributed by atoms with Crippen LogP contribution in [0.25, 0.3) is 11.3 Å². The Hall–Kier alpha value is -2.86. The van der Waals surface area contributed by atoms with E-state index in [9.17, 15) is 8.42 Å². The van der Waals surface area contributed by atoms with E-state index >= 15 is 0 Å². The van der Waals surface area contributed by atoms with Crippen molar-refractivity contribution in [1.29, 1.82) is 0 Å². The second-order valence-electron chi connectivity index (χ2n) is 5.24. The van der Waals surface area contributed by atoms with Gasteiger partial charge in [0.1, 0.15) is 0 Å². The van der Waals surface area contributed by atoms with E-state index in [0.29, 0.717) is 11.3 Å². The highest BCUT2D eigenvalue weighted by Gasteiger charge is 2.11. The Morgan fingerprint density at radius 2 is 1.83 bits per heavy atom. The lowest BCUT2D eigenvalue weighted by molar-refractivity contribution is 0.598. The minimum Gasteiger partial charge on any atom is -0.261 e. The molecule has 0 spiro atoms. The van der Waals surface area contributed by atoms with Crippen molar-refractivity contribution in [2.45, 2.75) is 11.8 Å². The Labute approximate surface area is 140 Å². The Balaban J connectivity index is 1.88. The van der Waals surface area contributed by atoms with Gasteiger partial charge >= 0.3 is 0 Å². The van der Waals surface area contributed by atoms with Crippen molar-refractivity contribution in [2.24, 2.45) is 4.40 Å². The average molecular weight is 337 g/mol. The number of hydrogen-bond donors (Lipinski definition) is 0. The standard InChI is InChI=1S/C18H15N3O2S/c1-14-5-7-17(8-6-14)24(22,23)21-12-15-3-2-4-16(11-15)18-13-19-9-10-20-18/h2-13H,1H3/b21-12+. The number of rotatable bonds is 4. The van der Waals surface area contributed by atoms with Gasteiger partial charge in [0, 0.05) is 24.2 Å². The van der Waals surface area contributed by atoms with Gasteiger partial charge in [0.25, 0.3) is 10.0 Å². The summed E-state index contributed by atoms with van der Waals surface area (Å²) >= 11 is 0. The number of aryl methyl sites for hydroxylation is 1. The molecule has 1 aromatic heterocycles. The van der Waals surface area contributed by atoms with Gasteiger partial charge in [0.05, 0.1) is 16.8 Å². The summed E-state index contributed by atoms with van der Waals surface area (Å²) < 4.78 is 28.3. The van der Waals surface area contributed by atoms with Gasteiger partial charge in [-0.25, -0.2) is 0 Å². The molecule has 24 heavy (non-hydrogen) atoms. The van der Waals surface area contributed by atoms with E-state index in [1.54, 1.807) is 48.9 Å². The highest BCUT2D eigenvalue weighted by Crippen LogP contribution is 2.17. The maximum Gasteiger partial charge on any atom is 0.282 e. The molecule has 0 saturated heterocycles. The molecule has 1 heterocycles. The highest BCUT2D eigenvalue weighted by atomic mass is 32.2. The van der Waals surface area contributed by atoms with Gasteiger partial charge in [-0.2, -0.15) is 12.8 Å². The first-order valence-corrected chi connectivity index (χ1v) is 8.72. The molecule has 0 N–H and O–H groups in total. The molecule has 0 aliphatic carbocycles. The van der Waals surface area contributed by atoms with Crippen molar-refractivity contribution >= 4 is 16.2 Å². The molecule has 0 radical (unpaired) electrons. The first-order valence-electron chi connectivity index (χ1n) is 7.28. The lowest BCUT2D eigenvalue weighted by atomic mass is 10.1. The lowest BCUT2D eigenvalue weighted by Crippen LogP contribution is -1.98. The van der Waals surface area contributed by atoms with Crippen LogP contribution in [0.15, 0.2) is 76.4 Å². The smallest absolute Gasteiger partial charge is 0.261 e. The van der Waals surface area contributed by atoms with E-state index < -0.39 is 10.0 Å². The van der Waals surface area contributed by atoms with Crippen LogP contribution < -0.4 is 0 Å². The van der Waals surface area contributed by atoms with Crippen LogP contribution in [-0.4, -0.2) is 24.6 Å². The molecule has 0 unspecified atom stereocenters. The number of hydrogen-bond acceptors (Lipinski definition) is 4. The quantitative estimate of drug-likeness (QED) is 0.685. The maximum atomic E-state index is 12.3. The Kier molecular flexibility index (Phi) is 4.48. The fraction of sp³-hybridized carbons (Fsp3) is 0.0556. The van der Waals surface area contributed by atoms with E-state index in [0.717, 1.165) is 11.1 Å². The predicted octanol–water partition coefficient (Wildman–Crippen LogP) is 3.26. The maximum absolute atomic E-state index is 12.3. The topological polar surface area (TPSA) is 72.3 Å². The molecule has 6 heteroatoms. The molecule has 0 atom stereocenters. The molecule has 2 aromatic carbocycles. The van der Waals surface area contributed by atoms with E-state index in [1.165, 1.54) is 6.21 Å². The van der Waals surface area contributed by atoms with Crippen LogP contribution in [-0.2, 0) is 10.0 Å². The van der Waals surface area contributed by atoms with Crippen LogP contribution in [0.1, 0.15) is 11.1 Å². The van der Waals surface area contributed by atoms with E-state index in [4.69, 9.17) is 0 Å². The third-order valence-electron chi connectivity index (χ3n) is 3.40. The second-order valence-corrected chi connectivity index (χ2v) is 6.87. The van der Waals surface area contributed by atoms with Crippen molar-refractivity contribution in [3.8, 4) is 11.3 Å².